The van der Waals surface area contributed by atoms with E-state index in [1.54, 1.807) is 6.07 Å². The van der Waals surface area contributed by atoms with Crippen LogP contribution in [0, 0.1) is 11.6 Å². The minimum absolute atomic E-state index is 0.240. The lowest BCUT2D eigenvalue weighted by Crippen LogP contribution is -1.97. The molecule has 3 heteroatoms. The molecule has 19 heavy (non-hydrogen) atoms. The maximum atomic E-state index is 13.1. The Bertz CT molecular complexity index is 549. The molecular weight excluding hydrogens is 266 g/mol. The van der Waals surface area contributed by atoms with Crippen molar-refractivity contribution >= 4 is 11.6 Å². The van der Waals surface area contributed by atoms with Gasteiger partial charge in [0.25, 0.3) is 0 Å². The number of aryl methyl sites for hydroxylation is 1. The van der Waals surface area contributed by atoms with E-state index in [2.05, 4.69) is 6.92 Å². The predicted octanol–water partition coefficient (Wildman–Crippen LogP) is 5.05. The number of alkyl halides is 1. The van der Waals surface area contributed by atoms with Crippen molar-refractivity contribution in [3.05, 3.63) is 70.8 Å². The summed E-state index contributed by atoms with van der Waals surface area (Å²) in [5.41, 5.74) is 2.93. The van der Waals surface area contributed by atoms with Gasteiger partial charge in [0.05, 0.1) is 5.38 Å². The van der Waals surface area contributed by atoms with Crippen molar-refractivity contribution in [2.45, 2.75) is 25.1 Å². The summed E-state index contributed by atoms with van der Waals surface area (Å²) in [6, 6.07) is 11.9. The largest absolute Gasteiger partial charge is 0.204 e. The highest BCUT2D eigenvalue weighted by molar-refractivity contribution is 6.20. The lowest BCUT2D eigenvalue weighted by molar-refractivity contribution is 0.507. The van der Waals surface area contributed by atoms with Crippen LogP contribution in [0.2, 0.25) is 0 Å². The maximum Gasteiger partial charge on any atom is 0.159 e. The number of hydrogen-bond donors (Lipinski definition) is 0. The summed E-state index contributed by atoms with van der Waals surface area (Å²) in [5, 5.41) is -0.240. The summed E-state index contributed by atoms with van der Waals surface area (Å²) in [6.45, 7) is 2.09. The van der Waals surface area contributed by atoms with Crippen LogP contribution in [0.1, 0.15) is 29.0 Å². The Morgan fingerprint density at radius 3 is 2.16 bits per heavy atom. The van der Waals surface area contributed by atoms with E-state index in [1.807, 2.05) is 24.3 Å². The van der Waals surface area contributed by atoms with Crippen molar-refractivity contribution < 1.29 is 8.78 Å². The summed E-state index contributed by atoms with van der Waals surface area (Å²) in [4.78, 5) is 0. The Labute approximate surface area is 117 Å². The van der Waals surface area contributed by atoms with Gasteiger partial charge in [-0.3, -0.25) is 0 Å². The molecule has 0 bridgehead atoms. The Morgan fingerprint density at radius 1 is 0.947 bits per heavy atom. The van der Waals surface area contributed by atoms with E-state index in [9.17, 15) is 8.78 Å². The lowest BCUT2D eigenvalue weighted by Gasteiger charge is -2.11. The van der Waals surface area contributed by atoms with E-state index in [4.69, 9.17) is 11.6 Å². The number of rotatable bonds is 4. The van der Waals surface area contributed by atoms with Crippen molar-refractivity contribution in [2.75, 3.05) is 0 Å². The van der Waals surface area contributed by atoms with Gasteiger partial charge in [0, 0.05) is 0 Å². The van der Waals surface area contributed by atoms with Crippen molar-refractivity contribution in [3.63, 3.8) is 0 Å². The van der Waals surface area contributed by atoms with Crippen LogP contribution < -0.4 is 0 Å². The fourth-order valence-electron chi connectivity index (χ4n) is 1.95. The molecule has 0 aliphatic carbocycles. The van der Waals surface area contributed by atoms with E-state index in [0.717, 1.165) is 18.1 Å². The van der Waals surface area contributed by atoms with Crippen LogP contribution in [0.25, 0.3) is 0 Å². The van der Waals surface area contributed by atoms with Crippen molar-refractivity contribution in [1.29, 1.82) is 0 Å². The topological polar surface area (TPSA) is 0 Å². The second kappa shape index (κ2) is 6.16. The molecule has 0 aromatic heterocycles. The van der Waals surface area contributed by atoms with Crippen LogP contribution in [0.5, 0.6) is 0 Å². The molecule has 2 rings (SSSR count). The van der Waals surface area contributed by atoms with Gasteiger partial charge in [-0.2, -0.15) is 0 Å². The third-order valence-electron chi connectivity index (χ3n) is 3.15. The molecule has 2 aromatic rings. The second-order valence-electron chi connectivity index (χ2n) is 4.52. The third kappa shape index (κ3) is 3.54. The summed E-state index contributed by atoms with van der Waals surface area (Å²) >= 11 is 6.31. The van der Waals surface area contributed by atoms with Crippen LogP contribution in [0.3, 0.4) is 0 Å². The monoisotopic (exact) mass is 280 g/mol. The van der Waals surface area contributed by atoms with E-state index in [0.29, 0.717) is 12.0 Å². The fraction of sp³-hybridized carbons (Fsp3) is 0.250. The van der Waals surface area contributed by atoms with Gasteiger partial charge in [-0.05, 0) is 41.7 Å². The first kappa shape index (κ1) is 14.0. The summed E-state index contributed by atoms with van der Waals surface area (Å²) in [6.07, 6.45) is 1.46. The van der Waals surface area contributed by atoms with E-state index in [-0.39, 0.29) is 5.38 Å². The molecule has 1 atom stereocenters. The van der Waals surface area contributed by atoms with Crippen LogP contribution >= 0.6 is 11.6 Å². The van der Waals surface area contributed by atoms with Crippen molar-refractivity contribution in [3.8, 4) is 0 Å². The van der Waals surface area contributed by atoms with Gasteiger partial charge in [0.15, 0.2) is 11.6 Å². The standard InChI is InChI=1S/C16H15ClF2/c1-2-11-3-6-13(7-4-11)14(17)9-12-5-8-15(18)16(19)10-12/h3-8,10,14H,2,9H2,1H3. The highest BCUT2D eigenvalue weighted by atomic mass is 35.5. The SMILES string of the molecule is CCc1ccc(C(Cl)Cc2ccc(F)c(F)c2)cc1. The molecule has 0 amide bonds. The highest BCUT2D eigenvalue weighted by Gasteiger charge is 2.10. The first-order chi connectivity index (χ1) is 9.10. The summed E-state index contributed by atoms with van der Waals surface area (Å²) < 4.78 is 25.9. The molecule has 0 nitrogen and oxygen atoms in total. The van der Waals surface area contributed by atoms with E-state index in [1.165, 1.54) is 11.6 Å². The zero-order valence-electron chi connectivity index (χ0n) is 10.7. The minimum atomic E-state index is -0.831. The molecule has 0 heterocycles. The molecule has 100 valence electrons. The Hall–Kier alpha value is -1.41. The van der Waals surface area contributed by atoms with Crippen LogP contribution in [-0.4, -0.2) is 0 Å². The minimum Gasteiger partial charge on any atom is -0.204 e. The van der Waals surface area contributed by atoms with Gasteiger partial charge in [-0.15, -0.1) is 11.6 Å². The predicted molar refractivity (Wildman–Crippen MR) is 74.5 cm³/mol. The first-order valence-corrected chi connectivity index (χ1v) is 6.70. The van der Waals surface area contributed by atoms with Crippen LogP contribution in [0.15, 0.2) is 42.5 Å². The van der Waals surface area contributed by atoms with Gasteiger partial charge in [0.2, 0.25) is 0 Å². The van der Waals surface area contributed by atoms with Gasteiger partial charge in [-0.25, -0.2) is 8.78 Å². The molecule has 0 aliphatic rings. The Kier molecular flexibility index (Phi) is 4.54. The quantitative estimate of drug-likeness (QED) is 0.688. The smallest absolute Gasteiger partial charge is 0.159 e. The van der Waals surface area contributed by atoms with Gasteiger partial charge in [-0.1, -0.05) is 37.3 Å². The van der Waals surface area contributed by atoms with Gasteiger partial charge >= 0.3 is 0 Å². The molecule has 1 unspecified atom stereocenters. The average molecular weight is 281 g/mol. The summed E-state index contributed by atoms with van der Waals surface area (Å²) in [7, 11) is 0. The Morgan fingerprint density at radius 2 is 1.58 bits per heavy atom. The van der Waals surface area contributed by atoms with Crippen LogP contribution in [0.4, 0.5) is 8.78 Å². The molecule has 0 aliphatic heterocycles. The molecule has 0 spiro atoms. The van der Waals surface area contributed by atoms with Crippen LogP contribution in [-0.2, 0) is 12.8 Å². The lowest BCUT2D eigenvalue weighted by atomic mass is 10.0. The van der Waals surface area contributed by atoms with Crippen molar-refractivity contribution in [1.82, 2.24) is 0 Å². The number of hydrogen-bond acceptors (Lipinski definition) is 0. The maximum absolute atomic E-state index is 13.1. The molecule has 0 radical (unpaired) electrons. The fourth-order valence-corrected chi connectivity index (χ4v) is 2.28. The third-order valence-corrected chi connectivity index (χ3v) is 3.55. The zero-order valence-corrected chi connectivity index (χ0v) is 11.4. The number of benzene rings is 2. The number of halogens is 3. The van der Waals surface area contributed by atoms with E-state index < -0.39 is 11.6 Å². The van der Waals surface area contributed by atoms with E-state index >= 15 is 0 Å². The molecular formula is C16H15ClF2. The normalized spacial score (nSPS) is 12.4. The first-order valence-electron chi connectivity index (χ1n) is 6.27. The highest BCUT2D eigenvalue weighted by Crippen LogP contribution is 2.26. The molecule has 0 N–H and O–H groups in total. The molecule has 2 aromatic carbocycles. The van der Waals surface area contributed by atoms with Gasteiger partial charge in [0.1, 0.15) is 0 Å². The molecule has 0 saturated heterocycles. The average Bonchev–Trinajstić information content (AvgIpc) is 2.43. The zero-order chi connectivity index (χ0) is 13.8. The Balaban J connectivity index is 2.10. The van der Waals surface area contributed by atoms with Crippen molar-refractivity contribution in [2.24, 2.45) is 0 Å². The molecule has 0 fully saturated rings. The summed E-state index contributed by atoms with van der Waals surface area (Å²) in [5.74, 6) is -1.66. The second-order valence-corrected chi connectivity index (χ2v) is 5.04. The van der Waals surface area contributed by atoms with Gasteiger partial charge < -0.3 is 0 Å². The molecule has 0 saturated carbocycles.